The lowest BCUT2D eigenvalue weighted by molar-refractivity contribution is -0.141. The van der Waals surface area contributed by atoms with E-state index < -0.39 is 19.9 Å². The number of halogens is 4. The van der Waals surface area contributed by atoms with Crippen LogP contribution in [0.15, 0.2) is 16.9 Å². The van der Waals surface area contributed by atoms with Crippen LogP contribution in [0.1, 0.15) is 11.3 Å². The Balaban J connectivity index is 2.19. The molecule has 2 rings (SSSR count). The molecule has 0 spiro atoms. The zero-order valence-corrected chi connectivity index (χ0v) is 17.7. The summed E-state index contributed by atoms with van der Waals surface area (Å²) in [6, 6.07) is 1.02. The minimum atomic E-state index is -4.55. The van der Waals surface area contributed by atoms with Gasteiger partial charge in [0.1, 0.15) is 6.73 Å². The molecule has 0 saturated heterocycles. The average Bonchev–Trinajstić information content (AvgIpc) is 3.06. The third-order valence-corrected chi connectivity index (χ3v) is 5.77. The summed E-state index contributed by atoms with van der Waals surface area (Å²) in [5.41, 5.74) is -0.383. The Morgan fingerprint density at radius 3 is 2.42 bits per heavy atom. The Kier molecular flexibility index (Phi) is 6.69. The molecule has 6 nitrogen and oxygen atoms in total. The monoisotopic (exact) mass is 454 g/mol. The first kappa shape index (κ1) is 21.1. The van der Waals surface area contributed by atoms with E-state index in [1.54, 1.807) is 6.20 Å². The SMILES string of the molecule is COCc1cn(COCC[Si](C)(C)C)nc1-n1cc(Br)c(C(F)(F)F)n1. The molecule has 0 radical (unpaired) electrons. The fraction of sp³-hybridized carbons (Fsp3) is 0.600. The highest BCUT2D eigenvalue weighted by atomic mass is 79.9. The van der Waals surface area contributed by atoms with Gasteiger partial charge in [0.25, 0.3) is 0 Å². The quantitative estimate of drug-likeness (QED) is 0.440. The molecule has 0 fully saturated rings. The van der Waals surface area contributed by atoms with Gasteiger partial charge in [-0.05, 0) is 22.0 Å². The molecule has 0 aliphatic heterocycles. The second-order valence-corrected chi connectivity index (χ2v) is 13.5. The van der Waals surface area contributed by atoms with Crippen molar-refractivity contribution in [2.24, 2.45) is 0 Å². The van der Waals surface area contributed by atoms with E-state index in [-0.39, 0.29) is 23.6 Å². The van der Waals surface area contributed by atoms with Gasteiger partial charge in [0, 0.05) is 39.7 Å². The number of rotatable bonds is 8. The number of aromatic nitrogens is 4. The predicted octanol–water partition coefficient (Wildman–Crippen LogP) is 4.31. The van der Waals surface area contributed by atoms with Crippen LogP contribution in [0.2, 0.25) is 25.7 Å². The minimum absolute atomic E-state index is 0.144. The third-order valence-electron chi connectivity index (χ3n) is 3.49. The number of methoxy groups -OCH3 is 1. The minimum Gasteiger partial charge on any atom is -0.380 e. The molecule has 0 unspecified atom stereocenters. The Hall–Kier alpha value is -1.17. The Bertz CT molecular complexity index is 740. The molecule has 0 aliphatic carbocycles. The van der Waals surface area contributed by atoms with E-state index in [1.807, 2.05) is 0 Å². The summed E-state index contributed by atoms with van der Waals surface area (Å²) >= 11 is 2.90. The predicted molar refractivity (Wildman–Crippen MR) is 96.9 cm³/mol. The van der Waals surface area contributed by atoms with Crippen LogP contribution in [0.4, 0.5) is 13.2 Å². The van der Waals surface area contributed by atoms with Gasteiger partial charge in [-0.3, -0.25) is 0 Å². The molecule has 2 heterocycles. The summed E-state index contributed by atoms with van der Waals surface area (Å²) in [5.74, 6) is 0.275. The van der Waals surface area contributed by atoms with E-state index in [4.69, 9.17) is 9.47 Å². The van der Waals surface area contributed by atoms with E-state index in [0.29, 0.717) is 12.2 Å². The highest BCUT2D eigenvalue weighted by molar-refractivity contribution is 9.10. The first-order chi connectivity index (χ1) is 12.0. The van der Waals surface area contributed by atoms with Gasteiger partial charge in [0.05, 0.1) is 11.1 Å². The lowest BCUT2D eigenvalue weighted by Gasteiger charge is -2.15. The molecule has 0 atom stereocenters. The van der Waals surface area contributed by atoms with Crippen LogP contribution < -0.4 is 0 Å². The van der Waals surface area contributed by atoms with E-state index in [2.05, 4.69) is 45.8 Å². The number of nitrogens with zero attached hydrogens (tertiary/aromatic N) is 4. The number of hydrogen-bond acceptors (Lipinski definition) is 4. The van der Waals surface area contributed by atoms with Gasteiger partial charge < -0.3 is 9.47 Å². The maximum atomic E-state index is 13.0. The second kappa shape index (κ2) is 8.24. The van der Waals surface area contributed by atoms with Crippen molar-refractivity contribution < 1.29 is 22.6 Å². The van der Waals surface area contributed by atoms with E-state index in [1.165, 1.54) is 18.0 Å². The van der Waals surface area contributed by atoms with Gasteiger partial charge in [-0.1, -0.05) is 19.6 Å². The van der Waals surface area contributed by atoms with Crippen molar-refractivity contribution in [2.75, 3.05) is 13.7 Å². The Morgan fingerprint density at radius 2 is 1.88 bits per heavy atom. The summed E-state index contributed by atoms with van der Waals surface area (Å²) < 4.78 is 52.1. The average molecular weight is 455 g/mol. The molecule has 0 bridgehead atoms. The molecule has 0 saturated carbocycles. The van der Waals surface area contributed by atoms with E-state index in [9.17, 15) is 13.2 Å². The Labute approximate surface area is 159 Å². The van der Waals surface area contributed by atoms with Crippen molar-refractivity contribution in [1.82, 2.24) is 19.6 Å². The van der Waals surface area contributed by atoms with Gasteiger partial charge in [-0.2, -0.15) is 23.4 Å². The van der Waals surface area contributed by atoms with Crippen LogP contribution in [0.5, 0.6) is 0 Å². The van der Waals surface area contributed by atoms with Gasteiger partial charge in [-0.25, -0.2) is 9.36 Å². The van der Waals surface area contributed by atoms with Crippen molar-refractivity contribution in [2.45, 2.75) is 45.2 Å². The molecule has 146 valence electrons. The molecule has 2 aromatic heterocycles. The number of hydrogen-bond donors (Lipinski definition) is 0. The van der Waals surface area contributed by atoms with Crippen molar-refractivity contribution in [3.63, 3.8) is 0 Å². The largest absolute Gasteiger partial charge is 0.436 e. The van der Waals surface area contributed by atoms with Crippen molar-refractivity contribution >= 4 is 24.0 Å². The van der Waals surface area contributed by atoms with Crippen LogP contribution in [0, 0.1) is 0 Å². The molecule has 2 aromatic rings. The number of ether oxygens (including phenoxy) is 2. The van der Waals surface area contributed by atoms with Crippen molar-refractivity contribution in [3.05, 3.63) is 28.1 Å². The molecular formula is C15H22BrF3N4O2Si. The van der Waals surface area contributed by atoms with E-state index >= 15 is 0 Å². The first-order valence-corrected chi connectivity index (χ1v) is 12.5. The molecular weight excluding hydrogens is 433 g/mol. The summed E-state index contributed by atoms with van der Waals surface area (Å²) in [4.78, 5) is 0. The van der Waals surface area contributed by atoms with Crippen LogP contribution in [0.3, 0.4) is 0 Å². The fourth-order valence-corrected chi connectivity index (χ4v) is 3.41. The van der Waals surface area contributed by atoms with Crippen molar-refractivity contribution in [1.29, 1.82) is 0 Å². The molecule has 0 amide bonds. The summed E-state index contributed by atoms with van der Waals surface area (Å²) in [7, 11) is 0.317. The first-order valence-electron chi connectivity index (χ1n) is 7.97. The zero-order chi connectivity index (χ0) is 19.5. The van der Waals surface area contributed by atoms with Crippen LogP contribution in [-0.2, 0) is 29.0 Å². The standard InChI is InChI=1S/C15H22BrF3N4O2Si/c1-24-9-11-7-22(10-25-5-6-26(2,3)4)21-14(11)23-8-12(16)13(20-23)15(17,18)19/h7-8H,5-6,9-10H2,1-4H3. The van der Waals surface area contributed by atoms with Gasteiger partial charge in [0.15, 0.2) is 11.5 Å². The maximum Gasteiger partial charge on any atom is 0.436 e. The summed E-state index contributed by atoms with van der Waals surface area (Å²) in [6.07, 6.45) is -1.62. The second-order valence-electron chi connectivity index (χ2n) is 7.07. The highest BCUT2D eigenvalue weighted by Crippen LogP contribution is 2.34. The molecule has 0 N–H and O–H groups in total. The Morgan fingerprint density at radius 1 is 1.19 bits per heavy atom. The fourth-order valence-electron chi connectivity index (χ4n) is 2.16. The van der Waals surface area contributed by atoms with Crippen LogP contribution in [-0.4, -0.2) is 41.4 Å². The highest BCUT2D eigenvalue weighted by Gasteiger charge is 2.37. The normalized spacial score (nSPS) is 12.8. The molecule has 0 aromatic carbocycles. The van der Waals surface area contributed by atoms with Gasteiger partial charge in [-0.15, -0.1) is 0 Å². The molecule has 26 heavy (non-hydrogen) atoms. The summed E-state index contributed by atoms with van der Waals surface area (Å²) in [5, 5.41) is 7.92. The summed E-state index contributed by atoms with van der Waals surface area (Å²) in [6.45, 7) is 7.81. The van der Waals surface area contributed by atoms with Crippen LogP contribution in [0.25, 0.3) is 5.82 Å². The zero-order valence-electron chi connectivity index (χ0n) is 15.1. The smallest absolute Gasteiger partial charge is 0.380 e. The third kappa shape index (κ3) is 5.66. The maximum absolute atomic E-state index is 13.0. The lowest BCUT2D eigenvalue weighted by atomic mass is 10.3. The molecule has 0 aliphatic rings. The van der Waals surface area contributed by atoms with Crippen LogP contribution >= 0.6 is 15.9 Å². The lowest BCUT2D eigenvalue weighted by Crippen LogP contribution is -2.22. The van der Waals surface area contributed by atoms with E-state index in [0.717, 1.165) is 10.7 Å². The topological polar surface area (TPSA) is 54.1 Å². The number of alkyl halides is 3. The van der Waals surface area contributed by atoms with Gasteiger partial charge in [0.2, 0.25) is 0 Å². The van der Waals surface area contributed by atoms with Crippen molar-refractivity contribution in [3.8, 4) is 5.82 Å². The van der Waals surface area contributed by atoms with Gasteiger partial charge >= 0.3 is 6.18 Å². The molecule has 11 heteroatoms.